The molecule has 0 N–H and O–H groups in total. The minimum atomic E-state index is -1.27. The molecule has 1 saturated heterocycles. The molecular weight excluding hydrogens is 270 g/mol. The Bertz CT molecular complexity index is 563. The van der Waals surface area contributed by atoms with Crippen molar-refractivity contribution < 1.29 is 18.5 Å². The monoisotopic (exact) mass is 284 g/mol. The molecule has 5 nitrogen and oxygen atoms in total. The molecule has 7 heteroatoms. The van der Waals surface area contributed by atoms with Crippen LogP contribution in [-0.2, 0) is 0 Å². The Morgan fingerprint density at radius 2 is 2.20 bits per heavy atom. The molecule has 108 valence electrons. The second kappa shape index (κ2) is 5.52. The Labute approximate surface area is 114 Å². The number of nitro benzene ring substituents is 1. The maximum Gasteiger partial charge on any atom is 0.308 e. The van der Waals surface area contributed by atoms with Crippen LogP contribution in [0.2, 0.25) is 0 Å². The van der Waals surface area contributed by atoms with Gasteiger partial charge in [0.05, 0.1) is 16.6 Å². The highest BCUT2D eigenvalue weighted by molar-refractivity contribution is 5.95. The van der Waals surface area contributed by atoms with E-state index >= 15 is 0 Å². The zero-order valence-corrected chi connectivity index (χ0v) is 10.9. The van der Waals surface area contributed by atoms with Gasteiger partial charge in [0.2, 0.25) is 5.82 Å². The Balaban J connectivity index is 2.42. The van der Waals surface area contributed by atoms with Gasteiger partial charge in [-0.1, -0.05) is 6.92 Å². The van der Waals surface area contributed by atoms with Crippen LogP contribution in [0.15, 0.2) is 12.1 Å². The van der Waals surface area contributed by atoms with Gasteiger partial charge in [0.25, 0.3) is 5.91 Å². The molecule has 1 aliphatic heterocycles. The highest BCUT2D eigenvalue weighted by atomic mass is 19.1. The van der Waals surface area contributed by atoms with Crippen LogP contribution < -0.4 is 0 Å². The molecule has 0 aromatic heterocycles. The van der Waals surface area contributed by atoms with E-state index in [1.54, 1.807) is 0 Å². The van der Waals surface area contributed by atoms with Crippen LogP contribution in [0.4, 0.5) is 14.5 Å². The van der Waals surface area contributed by atoms with Gasteiger partial charge in [0.15, 0.2) is 0 Å². The summed E-state index contributed by atoms with van der Waals surface area (Å²) in [6, 6.07) is 1.17. The van der Waals surface area contributed by atoms with Gasteiger partial charge < -0.3 is 4.90 Å². The zero-order valence-electron chi connectivity index (χ0n) is 10.9. The molecule has 1 amide bonds. The van der Waals surface area contributed by atoms with Gasteiger partial charge in [-0.25, -0.2) is 4.39 Å². The first kappa shape index (κ1) is 14.4. The van der Waals surface area contributed by atoms with Crippen molar-refractivity contribution in [2.24, 2.45) is 0 Å². The molecule has 1 atom stereocenters. The first-order valence-electron chi connectivity index (χ1n) is 6.40. The molecule has 0 saturated carbocycles. The Hall–Kier alpha value is -2.05. The van der Waals surface area contributed by atoms with E-state index in [0.717, 1.165) is 18.9 Å². The lowest BCUT2D eigenvalue weighted by molar-refractivity contribution is -0.387. The van der Waals surface area contributed by atoms with Gasteiger partial charge in [0, 0.05) is 12.6 Å². The van der Waals surface area contributed by atoms with Gasteiger partial charge >= 0.3 is 5.69 Å². The van der Waals surface area contributed by atoms with Crippen LogP contribution in [0.1, 0.15) is 36.5 Å². The summed E-state index contributed by atoms with van der Waals surface area (Å²) < 4.78 is 27.3. The summed E-state index contributed by atoms with van der Waals surface area (Å²) in [5.41, 5.74) is -1.59. The van der Waals surface area contributed by atoms with E-state index in [1.165, 1.54) is 4.90 Å². The fourth-order valence-electron chi connectivity index (χ4n) is 2.55. The summed E-state index contributed by atoms with van der Waals surface area (Å²) >= 11 is 0. The molecule has 1 aromatic rings. The van der Waals surface area contributed by atoms with Crippen molar-refractivity contribution in [3.8, 4) is 0 Å². The Morgan fingerprint density at radius 1 is 1.50 bits per heavy atom. The second-order valence-electron chi connectivity index (χ2n) is 4.75. The number of likely N-dealkylation sites (tertiary alicyclic amines) is 1. The van der Waals surface area contributed by atoms with Crippen LogP contribution in [0, 0.1) is 21.7 Å². The van der Waals surface area contributed by atoms with Gasteiger partial charge in [0.1, 0.15) is 5.82 Å². The van der Waals surface area contributed by atoms with E-state index in [9.17, 15) is 23.7 Å². The summed E-state index contributed by atoms with van der Waals surface area (Å²) in [7, 11) is 0. The summed E-state index contributed by atoms with van der Waals surface area (Å²) in [4.78, 5) is 23.4. The number of nitrogens with zero attached hydrogens (tertiary/aromatic N) is 2. The van der Waals surface area contributed by atoms with Gasteiger partial charge in [-0.05, 0) is 25.3 Å². The number of nitro groups is 1. The van der Waals surface area contributed by atoms with Gasteiger partial charge in [-0.3, -0.25) is 14.9 Å². The molecular formula is C13H14F2N2O3. The molecule has 0 spiro atoms. The first-order chi connectivity index (χ1) is 9.45. The van der Waals surface area contributed by atoms with Crippen LogP contribution in [0.25, 0.3) is 0 Å². The van der Waals surface area contributed by atoms with E-state index < -0.39 is 33.7 Å². The van der Waals surface area contributed by atoms with Crippen LogP contribution in [0.5, 0.6) is 0 Å². The fraction of sp³-hybridized carbons (Fsp3) is 0.462. The van der Waals surface area contributed by atoms with Crippen molar-refractivity contribution in [3.05, 3.63) is 39.4 Å². The van der Waals surface area contributed by atoms with E-state index in [2.05, 4.69) is 0 Å². The summed E-state index contributed by atoms with van der Waals surface area (Å²) in [6.07, 6.45) is 2.31. The molecule has 1 unspecified atom stereocenters. The lowest BCUT2D eigenvalue weighted by Gasteiger charge is -2.23. The topological polar surface area (TPSA) is 63.5 Å². The minimum absolute atomic E-state index is 0.0239. The fourth-order valence-corrected chi connectivity index (χ4v) is 2.55. The van der Waals surface area contributed by atoms with E-state index in [-0.39, 0.29) is 6.04 Å². The van der Waals surface area contributed by atoms with Crippen molar-refractivity contribution in [1.82, 2.24) is 4.90 Å². The average molecular weight is 284 g/mol. The molecule has 2 rings (SSSR count). The lowest BCUT2D eigenvalue weighted by atomic mass is 10.1. The maximum absolute atomic E-state index is 14.0. The molecule has 0 aliphatic carbocycles. The van der Waals surface area contributed by atoms with Crippen molar-refractivity contribution in [2.75, 3.05) is 6.54 Å². The Morgan fingerprint density at radius 3 is 2.80 bits per heavy atom. The largest absolute Gasteiger partial charge is 0.336 e. The average Bonchev–Trinajstić information content (AvgIpc) is 2.88. The first-order valence-corrected chi connectivity index (χ1v) is 6.40. The van der Waals surface area contributed by atoms with Crippen LogP contribution in [-0.4, -0.2) is 28.3 Å². The molecule has 1 aromatic carbocycles. The highest BCUT2D eigenvalue weighted by Gasteiger charge is 2.32. The predicted molar refractivity (Wildman–Crippen MR) is 67.4 cm³/mol. The van der Waals surface area contributed by atoms with Crippen LogP contribution >= 0.6 is 0 Å². The van der Waals surface area contributed by atoms with Gasteiger partial charge in [-0.15, -0.1) is 0 Å². The normalized spacial score (nSPS) is 18.4. The number of halogens is 2. The van der Waals surface area contributed by atoms with Crippen molar-refractivity contribution >= 4 is 11.6 Å². The predicted octanol–water partition coefficient (Wildman–Crippen LogP) is 2.89. The SMILES string of the molecule is CCC1CCCN1C(=O)c1cc(F)cc([N+](=O)[O-])c1F. The number of carbonyl (C=O) groups is 1. The summed E-state index contributed by atoms with van der Waals surface area (Å²) in [5.74, 6) is -2.95. The number of amides is 1. The molecule has 0 bridgehead atoms. The van der Waals surface area contributed by atoms with E-state index in [0.29, 0.717) is 19.0 Å². The maximum atomic E-state index is 14.0. The Kier molecular flexibility index (Phi) is 3.96. The highest BCUT2D eigenvalue weighted by Crippen LogP contribution is 2.27. The van der Waals surface area contributed by atoms with E-state index in [1.807, 2.05) is 6.92 Å². The second-order valence-corrected chi connectivity index (χ2v) is 4.75. The third-order valence-corrected chi connectivity index (χ3v) is 3.55. The van der Waals surface area contributed by atoms with E-state index in [4.69, 9.17) is 0 Å². The lowest BCUT2D eigenvalue weighted by Crippen LogP contribution is -2.35. The standard InChI is InChI=1S/C13H14F2N2O3/c1-2-9-4-3-5-16(9)13(18)10-6-8(14)7-11(12(10)15)17(19)20/h6-7,9H,2-5H2,1H3. The number of hydrogen-bond acceptors (Lipinski definition) is 3. The summed E-state index contributed by atoms with van der Waals surface area (Å²) in [6.45, 7) is 2.36. The van der Waals surface area contributed by atoms with Crippen LogP contribution in [0.3, 0.4) is 0 Å². The molecule has 1 heterocycles. The quantitative estimate of drug-likeness (QED) is 0.633. The molecule has 20 heavy (non-hydrogen) atoms. The van der Waals surface area contributed by atoms with Crippen molar-refractivity contribution in [3.63, 3.8) is 0 Å². The van der Waals surface area contributed by atoms with Gasteiger partial charge in [-0.2, -0.15) is 4.39 Å². The number of rotatable bonds is 3. The number of carbonyl (C=O) groups excluding carboxylic acids is 1. The number of hydrogen-bond donors (Lipinski definition) is 0. The molecule has 0 radical (unpaired) electrons. The molecule has 1 fully saturated rings. The third-order valence-electron chi connectivity index (χ3n) is 3.55. The van der Waals surface area contributed by atoms with Crippen molar-refractivity contribution in [2.45, 2.75) is 32.2 Å². The zero-order chi connectivity index (χ0) is 14.9. The minimum Gasteiger partial charge on any atom is -0.336 e. The molecule has 1 aliphatic rings. The number of benzene rings is 1. The summed E-state index contributed by atoms with van der Waals surface area (Å²) in [5, 5.41) is 10.7. The smallest absolute Gasteiger partial charge is 0.308 e. The third kappa shape index (κ3) is 2.48. The van der Waals surface area contributed by atoms with Crippen molar-refractivity contribution in [1.29, 1.82) is 0 Å².